The zero-order valence-corrected chi connectivity index (χ0v) is 8.41. The van der Waals surface area contributed by atoms with Crippen molar-refractivity contribution in [2.45, 2.75) is 6.92 Å². The third-order valence-electron chi connectivity index (χ3n) is 1.64. The standard InChI is InChI=1S/C8H8Cl2N2O/c1-3(13)4-2-5(11)7(10)8(12)6(4)9/h2H,11-12H2,1H3. The molecular formula is C8H8Cl2N2O. The largest absolute Gasteiger partial charge is 0.397 e. The number of Topliss-reactive ketones (excluding diaryl/α,β-unsaturated/α-hetero) is 1. The Morgan fingerprint density at radius 2 is 1.85 bits per heavy atom. The quantitative estimate of drug-likeness (QED) is 0.562. The predicted molar refractivity (Wildman–Crippen MR) is 55.3 cm³/mol. The first kappa shape index (κ1) is 10.2. The van der Waals surface area contributed by atoms with Crippen LogP contribution >= 0.6 is 23.2 Å². The van der Waals surface area contributed by atoms with Gasteiger partial charge in [0, 0.05) is 5.56 Å². The average molecular weight is 219 g/mol. The highest BCUT2D eigenvalue weighted by molar-refractivity contribution is 6.42. The van der Waals surface area contributed by atoms with Gasteiger partial charge in [-0.3, -0.25) is 4.79 Å². The molecule has 0 amide bonds. The van der Waals surface area contributed by atoms with Crippen LogP contribution in [0.2, 0.25) is 10.0 Å². The lowest BCUT2D eigenvalue weighted by atomic mass is 10.1. The van der Waals surface area contributed by atoms with E-state index in [0.29, 0.717) is 5.56 Å². The molecule has 1 aromatic rings. The van der Waals surface area contributed by atoms with Crippen molar-refractivity contribution in [3.8, 4) is 0 Å². The second-order valence-electron chi connectivity index (χ2n) is 2.61. The topological polar surface area (TPSA) is 69.1 Å². The molecule has 3 nitrogen and oxygen atoms in total. The van der Waals surface area contributed by atoms with Crippen molar-refractivity contribution in [1.29, 1.82) is 0 Å². The molecule has 0 radical (unpaired) electrons. The molecule has 1 rings (SSSR count). The van der Waals surface area contributed by atoms with Gasteiger partial charge in [-0.1, -0.05) is 23.2 Å². The summed E-state index contributed by atoms with van der Waals surface area (Å²) in [4.78, 5) is 11.0. The Morgan fingerprint density at radius 3 is 2.31 bits per heavy atom. The molecule has 0 saturated heterocycles. The molecule has 0 saturated carbocycles. The number of carbonyl (C=O) groups is 1. The van der Waals surface area contributed by atoms with Crippen LogP contribution in [0.5, 0.6) is 0 Å². The molecule has 0 aliphatic carbocycles. The summed E-state index contributed by atoms with van der Waals surface area (Å²) in [6.07, 6.45) is 0. The maximum absolute atomic E-state index is 11.0. The van der Waals surface area contributed by atoms with Crippen molar-refractivity contribution in [2.75, 3.05) is 11.5 Å². The molecule has 0 unspecified atom stereocenters. The lowest BCUT2D eigenvalue weighted by Gasteiger charge is -2.08. The van der Waals surface area contributed by atoms with E-state index in [9.17, 15) is 4.79 Å². The summed E-state index contributed by atoms with van der Waals surface area (Å²) in [5.74, 6) is -0.194. The molecule has 1 aromatic carbocycles. The number of rotatable bonds is 1. The van der Waals surface area contributed by atoms with Gasteiger partial charge in [0.2, 0.25) is 0 Å². The summed E-state index contributed by atoms with van der Waals surface area (Å²) < 4.78 is 0. The van der Waals surface area contributed by atoms with E-state index in [1.165, 1.54) is 13.0 Å². The Kier molecular flexibility index (Phi) is 2.68. The number of nitrogen functional groups attached to an aromatic ring is 2. The maximum atomic E-state index is 11.0. The second kappa shape index (κ2) is 3.44. The smallest absolute Gasteiger partial charge is 0.161 e. The number of halogens is 2. The van der Waals surface area contributed by atoms with E-state index < -0.39 is 0 Å². The molecule has 0 aromatic heterocycles. The zero-order chi connectivity index (χ0) is 10.2. The molecule has 70 valence electrons. The molecule has 0 fully saturated rings. The van der Waals surface area contributed by atoms with Crippen LogP contribution in [0.25, 0.3) is 0 Å². The molecule has 4 N–H and O–H groups in total. The third kappa shape index (κ3) is 1.71. The summed E-state index contributed by atoms with van der Waals surface area (Å²) in [7, 11) is 0. The molecule has 0 spiro atoms. The fraction of sp³-hybridized carbons (Fsp3) is 0.125. The molecule has 13 heavy (non-hydrogen) atoms. The van der Waals surface area contributed by atoms with Gasteiger partial charge < -0.3 is 11.5 Å². The average Bonchev–Trinajstić information content (AvgIpc) is 2.07. The van der Waals surface area contributed by atoms with E-state index >= 15 is 0 Å². The summed E-state index contributed by atoms with van der Waals surface area (Å²) in [6, 6.07) is 1.42. The number of anilines is 2. The highest BCUT2D eigenvalue weighted by Gasteiger charge is 2.13. The van der Waals surface area contributed by atoms with E-state index in [-0.39, 0.29) is 27.2 Å². The fourth-order valence-electron chi connectivity index (χ4n) is 0.935. The highest BCUT2D eigenvalue weighted by atomic mass is 35.5. The van der Waals surface area contributed by atoms with E-state index in [4.69, 9.17) is 34.7 Å². The molecule has 0 bridgehead atoms. The minimum atomic E-state index is -0.194. The molecule has 0 atom stereocenters. The third-order valence-corrected chi connectivity index (χ3v) is 2.47. The van der Waals surface area contributed by atoms with Gasteiger partial charge in [0.25, 0.3) is 0 Å². The minimum absolute atomic E-state index is 0.147. The summed E-state index contributed by atoms with van der Waals surface area (Å²) in [5.41, 5.74) is 11.7. The Morgan fingerprint density at radius 1 is 1.31 bits per heavy atom. The van der Waals surface area contributed by atoms with Crippen LogP contribution in [0.15, 0.2) is 6.07 Å². The van der Waals surface area contributed by atoms with Crippen LogP contribution in [0.4, 0.5) is 11.4 Å². The van der Waals surface area contributed by atoms with Gasteiger partial charge in [0.15, 0.2) is 5.78 Å². The lowest BCUT2D eigenvalue weighted by molar-refractivity contribution is 0.101. The predicted octanol–water partition coefficient (Wildman–Crippen LogP) is 2.36. The first-order chi connectivity index (χ1) is 5.95. The van der Waals surface area contributed by atoms with Crippen LogP contribution in [0, 0.1) is 0 Å². The maximum Gasteiger partial charge on any atom is 0.161 e. The minimum Gasteiger partial charge on any atom is -0.397 e. The van der Waals surface area contributed by atoms with Crippen molar-refractivity contribution < 1.29 is 4.79 Å². The van der Waals surface area contributed by atoms with Crippen molar-refractivity contribution in [1.82, 2.24) is 0 Å². The van der Waals surface area contributed by atoms with Crippen molar-refractivity contribution in [3.63, 3.8) is 0 Å². The van der Waals surface area contributed by atoms with E-state index in [0.717, 1.165) is 0 Å². The molecule has 0 aliphatic heterocycles. The monoisotopic (exact) mass is 218 g/mol. The lowest BCUT2D eigenvalue weighted by Crippen LogP contribution is -2.01. The van der Waals surface area contributed by atoms with E-state index in [1.54, 1.807) is 0 Å². The van der Waals surface area contributed by atoms with Gasteiger partial charge in [0.05, 0.1) is 21.4 Å². The van der Waals surface area contributed by atoms with Gasteiger partial charge >= 0.3 is 0 Å². The van der Waals surface area contributed by atoms with Gasteiger partial charge in [0.1, 0.15) is 0 Å². The number of nitrogens with two attached hydrogens (primary N) is 2. The van der Waals surface area contributed by atoms with Crippen LogP contribution in [-0.2, 0) is 0 Å². The van der Waals surface area contributed by atoms with Gasteiger partial charge in [-0.25, -0.2) is 0 Å². The highest BCUT2D eigenvalue weighted by Crippen LogP contribution is 2.35. The Bertz CT molecular complexity index is 377. The number of benzene rings is 1. The Balaban J connectivity index is 3.50. The zero-order valence-electron chi connectivity index (χ0n) is 6.90. The molecule has 5 heteroatoms. The summed E-state index contributed by atoms with van der Waals surface area (Å²) in [6.45, 7) is 1.38. The summed E-state index contributed by atoms with van der Waals surface area (Å²) in [5, 5.41) is 0.349. The van der Waals surface area contributed by atoms with Gasteiger partial charge in [-0.15, -0.1) is 0 Å². The number of carbonyl (C=O) groups excluding carboxylic acids is 1. The van der Waals surface area contributed by atoms with E-state index in [1.807, 2.05) is 0 Å². The first-order valence-electron chi connectivity index (χ1n) is 3.49. The van der Waals surface area contributed by atoms with Crippen LogP contribution in [-0.4, -0.2) is 5.78 Å². The summed E-state index contributed by atoms with van der Waals surface area (Å²) >= 11 is 11.5. The number of hydrogen-bond acceptors (Lipinski definition) is 3. The number of ketones is 1. The van der Waals surface area contributed by atoms with Gasteiger partial charge in [-0.05, 0) is 13.0 Å². The first-order valence-corrected chi connectivity index (χ1v) is 4.24. The van der Waals surface area contributed by atoms with Crippen LogP contribution in [0.3, 0.4) is 0 Å². The molecular weight excluding hydrogens is 211 g/mol. The van der Waals surface area contributed by atoms with Crippen LogP contribution < -0.4 is 11.5 Å². The molecule has 0 aliphatic rings. The SMILES string of the molecule is CC(=O)c1cc(N)c(Cl)c(N)c1Cl. The molecule has 0 heterocycles. The van der Waals surface area contributed by atoms with Gasteiger partial charge in [-0.2, -0.15) is 0 Å². The Hall–Kier alpha value is -0.930. The van der Waals surface area contributed by atoms with Crippen LogP contribution in [0.1, 0.15) is 17.3 Å². The fourth-order valence-corrected chi connectivity index (χ4v) is 1.41. The normalized spacial score (nSPS) is 10.1. The second-order valence-corrected chi connectivity index (χ2v) is 3.37. The Labute approximate surface area is 85.6 Å². The van der Waals surface area contributed by atoms with Crippen molar-refractivity contribution >= 4 is 40.4 Å². The van der Waals surface area contributed by atoms with Crippen molar-refractivity contribution in [2.24, 2.45) is 0 Å². The van der Waals surface area contributed by atoms with E-state index in [2.05, 4.69) is 0 Å². The number of hydrogen-bond donors (Lipinski definition) is 2. The van der Waals surface area contributed by atoms with Crippen molar-refractivity contribution in [3.05, 3.63) is 21.7 Å².